The highest BCUT2D eigenvalue weighted by Crippen LogP contribution is 2.22. The number of piperidine rings is 1. The van der Waals surface area contributed by atoms with Gasteiger partial charge in [-0.3, -0.25) is 9.59 Å². The largest absolute Gasteiger partial charge is 0.344 e. The summed E-state index contributed by atoms with van der Waals surface area (Å²) in [6, 6.07) is 6.32. The van der Waals surface area contributed by atoms with Gasteiger partial charge in [-0.05, 0) is 31.0 Å². The van der Waals surface area contributed by atoms with Gasteiger partial charge >= 0.3 is 0 Å². The number of likely N-dealkylation sites (N-methyl/N-ethyl adjacent to an activating group) is 2. The Balaban J connectivity index is 2.00. The summed E-state index contributed by atoms with van der Waals surface area (Å²) in [6.07, 6.45) is 2.79. The molecule has 0 spiro atoms. The van der Waals surface area contributed by atoms with Gasteiger partial charge in [-0.2, -0.15) is 4.31 Å². The number of nitrogens with zero attached hydrogens (tertiary/aromatic N) is 2. The molecule has 150 valence electrons. The Labute approximate surface area is 161 Å². The molecule has 1 unspecified atom stereocenters. The smallest absolute Gasteiger partial charge is 0.279 e. The first-order valence-electron chi connectivity index (χ1n) is 9.11. The van der Waals surface area contributed by atoms with E-state index >= 15 is 0 Å². The van der Waals surface area contributed by atoms with Gasteiger partial charge in [0.15, 0.2) is 13.1 Å². The van der Waals surface area contributed by atoms with Crippen LogP contribution in [0.4, 0.5) is 5.69 Å². The number of benzene rings is 1. The lowest BCUT2D eigenvalue weighted by Gasteiger charge is -2.26. The fraction of sp³-hybridized carbons (Fsp3) is 0.556. The summed E-state index contributed by atoms with van der Waals surface area (Å²) in [4.78, 5) is 26.3. The zero-order valence-corrected chi connectivity index (χ0v) is 17.0. The van der Waals surface area contributed by atoms with E-state index in [0.717, 1.165) is 24.2 Å². The van der Waals surface area contributed by atoms with E-state index in [1.807, 2.05) is 0 Å². The third-order valence-electron chi connectivity index (χ3n) is 4.48. The minimum absolute atomic E-state index is 0.0603. The van der Waals surface area contributed by atoms with Gasteiger partial charge in [-0.25, -0.2) is 8.42 Å². The molecular formula is C18H29N4O4S+. The number of hydrogen-bond donors (Lipinski definition) is 2. The summed E-state index contributed by atoms with van der Waals surface area (Å²) in [5.41, 5.74) is 0.435. The van der Waals surface area contributed by atoms with E-state index in [1.54, 1.807) is 39.3 Å². The topological polar surface area (TPSA) is 91.2 Å². The number of hydrogen-bond acceptors (Lipinski definition) is 4. The van der Waals surface area contributed by atoms with E-state index < -0.39 is 10.0 Å². The molecule has 1 aromatic carbocycles. The summed E-state index contributed by atoms with van der Waals surface area (Å²) < 4.78 is 27.0. The molecule has 8 nitrogen and oxygen atoms in total. The molecular weight excluding hydrogens is 368 g/mol. The fourth-order valence-electron chi connectivity index (χ4n) is 2.95. The molecule has 0 radical (unpaired) electrons. The van der Waals surface area contributed by atoms with Gasteiger partial charge in [0, 0.05) is 32.9 Å². The van der Waals surface area contributed by atoms with Crippen molar-refractivity contribution in [2.45, 2.75) is 24.2 Å². The van der Waals surface area contributed by atoms with Crippen molar-refractivity contribution in [3.05, 3.63) is 24.3 Å². The molecule has 1 aromatic rings. The Morgan fingerprint density at radius 3 is 2.44 bits per heavy atom. The van der Waals surface area contributed by atoms with Gasteiger partial charge in [-0.15, -0.1) is 0 Å². The van der Waals surface area contributed by atoms with Crippen LogP contribution in [0.2, 0.25) is 0 Å². The Morgan fingerprint density at radius 2 is 1.81 bits per heavy atom. The molecule has 27 heavy (non-hydrogen) atoms. The van der Waals surface area contributed by atoms with Crippen LogP contribution < -0.4 is 10.2 Å². The first-order valence-corrected chi connectivity index (χ1v) is 10.6. The molecule has 2 rings (SSSR count). The zero-order chi connectivity index (χ0) is 20.0. The highest BCUT2D eigenvalue weighted by molar-refractivity contribution is 7.89. The lowest BCUT2D eigenvalue weighted by Crippen LogP contribution is -3.11. The van der Waals surface area contributed by atoms with Crippen molar-refractivity contribution in [2.24, 2.45) is 0 Å². The number of carbonyl (C=O) groups is 2. The molecule has 0 bridgehead atoms. The molecule has 0 aliphatic carbocycles. The van der Waals surface area contributed by atoms with Crippen molar-refractivity contribution in [3.8, 4) is 0 Å². The number of anilines is 1. The molecule has 1 fully saturated rings. The van der Waals surface area contributed by atoms with Crippen LogP contribution in [-0.2, 0) is 19.6 Å². The van der Waals surface area contributed by atoms with Crippen LogP contribution in [0, 0.1) is 0 Å². The maximum absolute atomic E-state index is 12.8. The minimum atomic E-state index is -3.54. The second-order valence-corrected chi connectivity index (χ2v) is 9.08. The first kappa shape index (κ1) is 21.3. The SMILES string of the molecule is CN(C)C(=O)C[NH+](C)CC(=O)Nc1cccc(S(=O)(=O)N2CCCCC2)c1. The van der Waals surface area contributed by atoms with Crippen LogP contribution in [0.15, 0.2) is 29.2 Å². The predicted molar refractivity (Wildman–Crippen MR) is 103 cm³/mol. The molecule has 1 aliphatic rings. The van der Waals surface area contributed by atoms with Crippen molar-refractivity contribution >= 4 is 27.5 Å². The predicted octanol–water partition coefficient (Wildman–Crippen LogP) is -0.597. The number of nitrogens with one attached hydrogen (secondary N) is 2. The highest BCUT2D eigenvalue weighted by atomic mass is 32.2. The summed E-state index contributed by atoms with van der Waals surface area (Å²) in [7, 11) is 1.56. The van der Waals surface area contributed by atoms with Crippen LogP contribution in [0.25, 0.3) is 0 Å². The van der Waals surface area contributed by atoms with Crippen LogP contribution in [-0.4, -0.2) is 76.8 Å². The molecule has 1 saturated heterocycles. The quantitative estimate of drug-likeness (QED) is 0.643. The summed E-state index contributed by atoms with van der Waals surface area (Å²) in [5.74, 6) is -0.332. The van der Waals surface area contributed by atoms with Crippen LogP contribution in [0.1, 0.15) is 19.3 Å². The number of quaternary nitrogens is 1. The minimum Gasteiger partial charge on any atom is -0.344 e. The summed E-state index contributed by atoms with van der Waals surface area (Å²) in [6.45, 7) is 1.40. The molecule has 1 aliphatic heterocycles. The van der Waals surface area contributed by atoms with Crippen LogP contribution in [0.5, 0.6) is 0 Å². The van der Waals surface area contributed by atoms with Gasteiger partial charge in [0.25, 0.3) is 11.8 Å². The lowest BCUT2D eigenvalue weighted by atomic mass is 10.2. The molecule has 1 heterocycles. The van der Waals surface area contributed by atoms with Crippen molar-refractivity contribution in [2.75, 3.05) is 52.6 Å². The van der Waals surface area contributed by atoms with E-state index in [9.17, 15) is 18.0 Å². The van der Waals surface area contributed by atoms with E-state index in [2.05, 4.69) is 5.32 Å². The number of sulfonamides is 1. The third-order valence-corrected chi connectivity index (χ3v) is 6.38. The average Bonchev–Trinajstić information content (AvgIpc) is 2.62. The second-order valence-electron chi connectivity index (χ2n) is 7.14. The molecule has 2 N–H and O–H groups in total. The van der Waals surface area contributed by atoms with Gasteiger partial charge < -0.3 is 15.1 Å². The average molecular weight is 398 g/mol. The first-order chi connectivity index (χ1) is 12.7. The maximum Gasteiger partial charge on any atom is 0.279 e. The third kappa shape index (κ3) is 6.02. The maximum atomic E-state index is 12.8. The summed E-state index contributed by atoms with van der Waals surface area (Å²) in [5, 5.41) is 2.72. The lowest BCUT2D eigenvalue weighted by molar-refractivity contribution is -0.862. The second kappa shape index (κ2) is 9.29. The van der Waals surface area contributed by atoms with Gasteiger partial charge in [0.2, 0.25) is 10.0 Å². The van der Waals surface area contributed by atoms with Gasteiger partial charge in [0.05, 0.1) is 11.9 Å². The van der Waals surface area contributed by atoms with Crippen molar-refractivity contribution in [1.29, 1.82) is 0 Å². The van der Waals surface area contributed by atoms with E-state index in [4.69, 9.17) is 0 Å². The Morgan fingerprint density at radius 1 is 1.15 bits per heavy atom. The summed E-state index contributed by atoms with van der Waals surface area (Å²) >= 11 is 0. The Kier molecular flexibility index (Phi) is 7.34. The number of rotatable bonds is 7. The van der Waals surface area contributed by atoms with E-state index in [1.165, 1.54) is 15.3 Å². The van der Waals surface area contributed by atoms with Gasteiger partial charge in [0.1, 0.15) is 0 Å². The van der Waals surface area contributed by atoms with Gasteiger partial charge in [-0.1, -0.05) is 12.5 Å². The van der Waals surface area contributed by atoms with Crippen molar-refractivity contribution in [3.63, 3.8) is 0 Å². The standard InChI is InChI=1S/C18H28N4O4S/c1-20(2)18(24)14-21(3)13-17(23)19-15-8-7-9-16(12-15)27(25,26)22-10-5-4-6-11-22/h7-9,12H,4-6,10-11,13-14H2,1-3H3,(H,19,23)/p+1. The molecule has 9 heteroatoms. The Bertz CT molecular complexity index is 773. The van der Waals surface area contributed by atoms with E-state index in [0.29, 0.717) is 18.8 Å². The monoisotopic (exact) mass is 397 g/mol. The van der Waals surface area contributed by atoms with Crippen molar-refractivity contribution < 1.29 is 22.9 Å². The molecule has 0 aromatic heterocycles. The van der Waals surface area contributed by atoms with Crippen molar-refractivity contribution in [1.82, 2.24) is 9.21 Å². The van der Waals surface area contributed by atoms with Crippen LogP contribution >= 0.6 is 0 Å². The molecule has 2 amide bonds. The molecule has 0 saturated carbocycles. The van der Waals surface area contributed by atoms with E-state index in [-0.39, 0.29) is 29.8 Å². The highest BCUT2D eigenvalue weighted by Gasteiger charge is 2.26. The normalized spacial score (nSPS) is 16.6. The Hall–Kier alpha value is -1.97. The fourth-order valence-corrected chi connectivity index (χ4v) is 4.51. The zero-order valence-electron chi connectivity index (χ0n) is 16.2. The number of amides is 2. The number of carbonyl (C=O) groups excluding carboxylic acids is 2. The molecule has 1 atom stereocenters. The van der Waals surface area contributed by atoms with Crippen LogP contribution in [0.3, 0.4) is 0 Å².